The summed E-state index contributed by atoms with van der Waals surface area (Å²) in [6.07, 6.45) is 0.277. The largest absolute Gasteiger partial charge is 0.507 e. The summed E-state index contributed by atoms with van der Waals surface area (Å²) in [5.41, 5.74) is 4.17. The minimum atomic E-state index is -2.00. The van der Waals surface area contributed by atoms with Crippen LogP contribution in [0.5, 0.6) is 5.75 Å². The van der Waals surface area contributed by atoms with Crippen molar-refractivity contribution in [2.75, 3.05) is 14.1 Å². The Morgan fingerprint density at radius 1 is 1.24 bits per heavy atom. The van der Waals surface area contributed by atoms with Crippen LogP contribution in [0, 0.1) is 23.7 Å². The number of ketones is 3. The highest BCUT2D eigenvalue weighted by Crippen LogP contribution is 2.51. The van der Waals surface area contributed by atoms with Crippen LogP contribution >= 0.6 is 0 Å². The lowest BCUT2D eigenvalue weighted by atomic mass is 9.53. The lowest BCUT2D eigenvalue weighted by molar-refractivity contribution is -0.176. The standard InChI is InChI=1S/C21H24N2O6/c1-23(2)16-12-7-10-6-9-4-3-5-13(24)14(9)18(26)15(10)19(27)21(12,29)8-11(17(16)25)20(22)28/h3-5,10-12,15-16,24,29H,6-8H2,1-2H3,(H2,22,28). The van der Waals surface area contributed by atoms with E-state index in [9.17, 15) is 29.4 Å². The number of nitrogens with two attached hydrogens (primary N) is 1. The van der Waals surface area contributed by atoms with Gasteiger partial charge < -0.3 is 15.9 Å². The molecule has 0 saturated heterocycles. The summed E-state index contributed by atoms with van der Waals surface area (Å²) < 4.78 is 0. The topological polar surface area (TPSA) is 138 Å². The van der Waals surface area contributed by atoms with Crippen LogP contribution in [0.25, 0.3) is 0 Å². The molecule has 154 valence electrons. The molecule has 0 heterocycles. The van der Waals surface area contributed by atoms with Crippen LogP contribution in [0.3, 0.4) is 0 Å². The Labute approximate surface area is 167 Å². The number of benzene rings is 1. The molecule has 4 rings (SSSR count). The van der Waals surface area contributed by atoms with E-state index in [-0.39, 0.29) is 23.7 Å². The molecule has 0 bridgehead atoms. The maximum absolute atomic E-state index is 13.5. The number of fused-ring (bicyclic) bond motifs is 3. The highest BCUT2D eigenvalue weighted by molar-refractivity contribution is 6.17. The predicted octanol–water partition coefficient (Wildman–Crippen LogP) is -0.312. The lowest BCUT2D eigenvalue weighted by Crippen LogP contribution is -2.69. The van der Waals surface area contributed by atoms with Gasteiger partial charge in [-0.2, -0.15) is 0 Å². The Balaban J connectivity index is 1.82. The number of aromatic hydroxyl groups is 1. The number of phenols is 1. The molecule has 29 heavy (non-hydrogen) atoms. The molecule has 3 aliphatic carbocycles. The number of amides is 1. The molecule has 6 unspecified atom stereocenters. The highest BCUT2D eigenvalue weighted by atomic mass is 16.3. The summed E-state index contributed by atoms with van der Waals surface area (Å²) in [5, 5.41) is 21.6. The third-order valence-corrected chi connectivity index (χ3v) is 6.92. The van der Waals surface area contributed by atoms with Gasteiger partial charge in [0, 0.05) is 12.3 Å². The number of Topliss-reactive ketones (excluding diaryl/α,β-unsaturated/α-hetero) is 3. The number of nitrogens with zero attached hydrogens (tertiary/aromatic N) is 1. The monoisotopic (exact) mass is 400 g/mol. The third-order valence-electron chi connectivity index (χ3n) is 6.92. The normalized spacial score (nSPS) is 36.4. The second-order valence-electron chi connectivity index (χ2n) is 8.72. The van der Waals surface area contributed by atoms with Crippen LogP contribution < -0.4 is 5.73 Å². The number of carbonyl (C=O) groups excluding carboxylic acids is 4. The van der Waals surface area contributed by atoms with Crippen molar-refractivity contribution < 1.29 is 29.4 Å². The number of hydrogen-bond acceptors (Lipinski definition) is 7. The first-order valence-corrected chi connectivity index (χ1v) is 9.69. The molecule has 0 aromatic heterocycles. The molecule has 1 aromatic rings. The van der Waals surface area contributed by atoms with Gasteiger partial charge in [0.25, 0.3) is 0 Å². The fraction of sp³-hybridized carbons (Fsp3) is 0.524. The Morgan fingerprint density at radius 2 is 1.93 bits per heavy atom. The van der Waals surface area contributed by atoms with Crippen molar-refractivity contribution in [3.63, 3.8) is 0 Å². The van der Waals surface area contributed by atoms with E-state index in [2.05, 4.69) is 0 Å². The van der Waals surface area contributed by atoms with Crippen molar-refractivity contribution in [2.24, 2.45) is 29.4 Å². The van der Waals surface area contributed by atoms with Gasteiger partial charge in [-0.15, -0.1) is 0 Å². The van der Waals surface area contributed by atoms with E-state index in [1.165, 1.54) is 6.07 Å². The summed E-state index contributed by atoms with van der Waals surface area (Å²) in [4.78, 5) is 53.0. The van der Waals surface area contributed by atoms with Crippen molar-refractivity contribution in [1.29, 1.82) is 0 Å². The second kappa shape index (κ2) is 6.47. The molecule has 2 saturated carbocycles. The van der Waals surface area contributed by atoms with Crippen LogP contribution in [0.15, 0.2) is 18.2 Å². The van der Waals surface area contributed by atoms with E-state index in [1.54, 1.807) is 31.1 Å². The van der Waals surface area contributed by atoms with Crippen LogP contribution in [0.1, 0.15) is 28.8 Å². The molecule has 8 heteroatoms. The first-order chi connectivity index (χ1) is 13.6. The van der Waals surface area contributed by atoms with Gasteiger partial charge in [0.05, 0.1) is 17.5 Å². The van der Waals surface area contributed by atoms with E-state index in [0.29, 0.717) is 12.0 Å². The van der Waals surface area contributed by atoms with Crippen molar-refractivity contribution in [3.05, 3.63) is 29.3 Å². The van der Waals surface area contributed by atoms with Crippen molar-refractivity contribution >= 4 is 23.3 Å². The summed E-state index contributed by atoms with van der Waals surface area (Å²) >= 11 is 0. The number of phenolic OH excluding ortho intramolecular Hbond substituents is 1. The average molecular weight is 400 g/mol. The molecular weight excluding hydrogens is 376 g/mol. The van der Waals surface area contributed by atoms with E-state index < -0.39 is 59.1 Å². The maximum Gasteiger partial charge on any atom is 0.228 e. The average Bonchev–Trinajstić information content (AvgIpc) is 2.62. The summed E-state index contributed by atoms with van der Waals surface area (Å²) in [6, 6.07) is 3.93. The van der Waals surface area contributed by atoms with E-state index in [4.69, 9.17) is 5.73 Å². The number of likely N-dealkylation sites (N-methyl/N-ethyl adjacent to an activating group) is 1. The van der Waals surface area contributed by atoms with Crippen LogP contribution in [-0.4, -0.2) is 64.1 Å². The Bertz CT molecular complexity index is 941. The van der Waals surface area contributed by atoms with E-state index in [0.717, 1.165) is 0 Å². The van der Waals surface area contributed by atoms with Crippen LogP contribution in [0.2, 0.25) is 0 Å². The molecule has 1 aromatic carbocycles. The first-order valence-electron chi connectivity index (χ1n) is 9.69. The Morgan fingerprint density at radius 3 is 2.55 bits per heavy atom. The van der Waals surface area contributed by atoms with Gasteiger partial charge in [-0.05, 0) is 44.5 Å². The number of aliphatic hydroxyl groups is 1. The predicted molar refractivity (Wildman–Crippen MR) is 101 cm³/mol. The molecule has 3 aliphatic rings. The molecule has 4 N–H and O–H groups in total. The zero-order valence-electron chi connectivity index (χ0n) is 16.3. The summed E-state index contributed by atoms with van der Waals surface area (Å²) in [6.45, 7) is 0. The maximum atomic E-state index is 13.5. The van der Waals surface area contributed by atoms with Gasteiger partial charge in [0.2, 0.25) is 5.91 Å². The fourth-order valence-corrected chi connectivity index (χ4v) is 5.65. The first kappa shape index (κ1) is 19.7. The minimum Gasteiger partial charge on any atom is -0.507 e. The number of primary amides is 1. The van der Waals surface area contributed by atoms with Crippen LogP contribution in [-0.2, 0) is 20.8 Å². The zero-order chi connectivity index (χ0) is 21.2. The second-order valence-corrected chi connectivity index (χ2v) is 8.72. The van der Waals surface area contributed by atoms with Gasteiger partial charge in [0.1, 0.15) is 17.3 Å². The molecule has 0 radical (unpaired) electrons. The Kier molecular flexibility index (Phi) is 4.40. The minimum absolute atomic E-state index is 0.117. The molecule has 2 fully saturated rings. The molecule has 0 aliphatic heterocycles. The Hall–Kier alpha value is -2.58. The third kappa shape index (κ3) is 2.66. The number of carbonyl (C=O) groups is 4. The molecule has 6 atom stereocenters. The zero-order valence-corrected chi connectivity index (χ0v) is 16.3. The number of rotatable bonds is 2. The van der Waals surface area contributed by atoms with Gasteiger partial charge >= 0.3 is 0 Å². The molecule has 0 spiro atoms. The fourth-order valence-electron chi connectivity index (χ4n) is 5.65. The quantitative estimate of drug-likeness (QED) is 0.579. The molecular formula is C21H24N2O6. The van der Waals surface area contributed by atoms with Crippen molar-refractivity contribution in [1.82, 2.24) is 4.90 Å². The van der Waals surface area contributed by atoms with Crippen molar-refractivity contribution in [2.45, 2.75) is 30.9 Å². The van der Waals surface area contributed by atoms with Gasteiger partial charge in [-0.25, -0.2) is 0 Å². The van der Waals surface area contributed by atoms with E-state index >= 15 is 0 Å². The number of hydrogen-bond donors (Lipinski definition) is 3. The highest BCUT2D eigenvalue weighted by Gasteiger charge is 2.64. The van der Waals surface area contributed by atoms with Gasteiger partial charge in [-0.1, -0.05) is 12.1 Å². The lowest BCUT2D eigenvalue weighted by Gasteiger charge is -2.53. The smallest absolute Gasteiger partial charge is 0.228 e. The van der Waals surface area contributed by atoms with Gasteiger partial charge in [0.15, 0.2) is 17.3 Å². The van der Waals surface area contributed by atoms with E-state index in [1.807, 2.05) is 0 Å². The van der Waals surface area contributed by atoms with Gasteiger partial charge in [-0.3, -0.25) is 24.1 Å². The summed E-state index contributed by atoms with van der Waals surface area (Å²) in [5.74, 6) is -6.18. The summed E-state index contributed by atoms with van der Waals surface area (Å²) in [7, 11) is 3.31. The van der Waals surface area contributed by atoms with Crippen molar-refractivity contribution in [3.8, 4) is 5.75 Å². The molecule has 8 nitrogen and oxygen atoms in total. The van der Waals surface area contributed by atoms with Crippen LogP contribution in [0.4, 0.5) is 0 Å². The molecule has 1 amide bonds. The SMILES string of the molecule is CN(C)C1C(=O)C(C(N)=O)CC2(O)C(=O)C3C(=O)c4c(O)cccc4CC3CC12.